The zero-order valence-corrected chi connectivity index (χ0v) is 9.44. The minimum Gasteiger partial charge on any atom is -0.365 e. The fourth-order valence-corrected chi connectivity index (χ4v) is 3.86. The number of anilines is 1. The van der Waals surface area contributed by atoms with Crippen LogP contribution in [0.15, 0.2) is 36.4 Å². The maximum absolute atomic E-state index is 6.15. The van der Waals surface area contributed by atoms with Crippen LogP contribution in [-0.2, 0) is 10.3 Å². The number of para-hydroxylation sites is 1. The van der Waals surface area contributed by atoms with Gasteiger partial charge in [-0.05, 0) is 25.0 Å². The molecule has 4 rings (SSSR count). The number of likely N-dealkylation sites (N-methyl/N-ethyl adjacent to an activating group) is 1. The highest BCUT2D eigenvalue weighted by Gasteiger charge is 2.65. The molecular formula is C14H15NO. The lowest BCUT2D eigenvalue weighted by Gasteiger charge is -2.38. The van der Waals surface area contributed by atoms with Crippen molar-refractivity contribution >= 4 is 5.69 Å². The third-order valence-electron chi connectivity index (χ3n) is 4.65. The second-order valence-corrected chi connectivity index (χ2v) is 5.05. The number of ether oxygens (including phenoxy) is 1. The van der Waals surface area contributed by atoms with Crippen molar-refractivity contribution in [3.63, 3.8) is 0 Å². The van der Waals surface area contributed by atoms with Crippen molar-refractivity contribution in [1.82, 2.24) is 0 Å². The van der Waals surface area contributed by atoms with Gasteiger partial charge in [0.25, 0.3) is 0 Å². The lowest BCUT2D eigenvalue weighted by molar-refractivity contribution is 0.0226. The zero-order valence-electron chi connectivity index (χ0n) is 9.44. The average Bonchev–Trinajstić information content (AvgIpc) is 2.87. The number of hydrogen-bond donors (Lipinski definition) is 0. The van der Waals surface area contributed by atoms with Crippen LogP contribution in [0.5, 0.6) is 0 Å². The molecule has 0 radical (unpaired) electrons. The monoisotopic (exact) mass is 213 g/mol. The molecule has 1 fully saturated rings. The van der Waals surface area contributed by atoms with Crippen molar-refractivity contribution in [2.45, 2.75) is 24.0 Å². The predicted octanol–water partition coefficient (Wildman–Crippen LogP) is 2.45. The molecule has 1 aliphatic carbocycles. The number of hydrogen-bond acceptors (Lipinski definition) is 2. The van der Waals surface area contributed by atoms with E-state index in [1.54, 1.807) is 0 Å². The van der Waals surface area contributed by atoms with Crippen molar-refractivity contribution in [2.75, 3.05) is 18.6 Å². The van der Waals surface area contributed by atoms with Gasteiger partial charge >= 0.3 is 0 Å². The summed E-state index contributed by atoms with van der Waals surface area (Å²) in [7, 11) is 2.21. The van der Waals surface area contributed by atoms with E-state index in [2.05, 4.69) is 48.4 Å². The third-order valence-corrected chi connectivity index (χ3v) is 4.65. The first-order valence-electron chi connectivity index (χ1n) is 5.95. The average molecular weight is 213 g/mol. The highest BCUT2D eigenvalue weighted by Crippen LogP contribution is 2.61. The van der Waals surface area contributed by atoms with Gasteiger partial charge in [0.2, 0.25) is 0 Å². The van der Waals surface area contributed by atoms with Gasteiger partial charge in [-0.25, -0.2) is 0 Å². The van der Waals surface area contributed by atoms with Crippen LogP contribution in [0.2, 0.25) is 0 Å². The van der Waals surface area contributed by atoms with E-state index in [-0.39, 0.29) is 11.1 Å². The number of fused-ring (bicyclic) bond motifs is 1. The summed E-state index contributed by atoms with van der Waals surface area (Å²) in [5, 5.41) is 0. The van der Waals surface area contributed by atoms with E-state index in [0.29, 0.717) is 0 Å². The highest BCUT2D eigenvalue weighted by molar-refractivity contribution is 5.69. The van der Waals surface area contributed by atoms with Crippen molar-refractivity contribution < 1.29 is 4.74 Å². The summed E-state index contributed by atoms with van der Waals surface area (Å²) in [6.07, 6.45) is 6.80. The Kier molecular flexibility index (Phi) is 1.39. The lowest BCUT2D eigenvalue weighted by Crippen LogP contribution is -2.50. The van der Waals surface area contributed by atoms with Crippen LogP contribution in [0.3, 0.4) is 0 Å². The van der Waals surface area contributed by atoms with E-state index in [0.717, 1.165) is 19.4 Å². The molecule has 16 heavy (non-hydrogen) atoms. The predicted molar refractivity (Wildman–Crippen MR) is 63.6 cm³/mol. The van der Waals surface area contributed by atoms with E-state index < -0.39 is 0 Å². The van der Waals surface area contributed by atoms with E-state index >= 15 is 0 Å². The fraction of sp³-hybridized carbons (Fsp3) is 0.429. The molecule has 1 aromatic carbocycles. The smallest absolute Gasteiger partial charge is 0.137 e. The Labute approximate surface area is 95.5 Å². The first-order valence-corrected chi connectivity index (χ1v) is 5.95. The summed E-state index contributed by atoms with van der Waals surface area (Å²) in [6.45, 7) is 0.878. The molecule has 3 aliphatic rings. The summed E-state index contributed by atoms with van der Waals surface area (Å²) in [6, 6.07) is 8.66. The van der Waals surface area contributed by atoms with E-state index in [1.165, 1.54) is 11.3 Å². The van der Waals surface area contributed by atoms with E-state index in [1.807, 2.05) is 0 Å². The summed E-state index contributed by atoms with van der Waals surface area (Å²) in [5.74, 6) is 0. The van der Waals surface area contributed by atoms with Gasteiger partial charge in [0, 0.05) is 18.3 Å². The quantitative estimate of drug-likeness (QED) is 0.614. The molecule has 82 valence electrons. The molecule has 0 saturated carbocycles. The van der Waals surface area contributed by atoms with Gasteiger partial charge < -0.3 is 9.64 Å². The standard InChI is InChI=1S/C14H15NO/c1-15-12-6-3-2-5-11(12)14-8-4-7-13(14,15)9-10-16-14/h2-6,8H,7,9-10H2,1H3. The number of benzene rings is 1. The van der Waals surface area contributed by atoms with Gasteiger partial charge in [0.05, 0.1) is 12.1 Å². The summed E-state index contributed by atoms with van der Waals surface area (Å²) in [4.78, 5) is 2.44. The largest absolute Gasteiger partial charge is 0.365 e. The van der Waals surface area contributed by atoms with Gasteiger partial charge in [-0.1, -0.05) is 24.3 Å². The summed E-state index contributed by atoms with van der Waals surface area (Å²) in [5.41, 5.74) is 2.70. The Morgan fingerprint density at radius 3 is 3.12 bits per heavy atom. The van der Waals surface area contributed by atoms with Crippen molar-refractivity contribution in [3.05, 3.63) is 42.0 Å². The molecular weight excluding hydrogens is 198 g/mol. The van der Waals surface area contributed by atoms with Crippen LogP contribution in [0.25, 0.3) is 0 Å². The Morgan fingerprint density at radius 2 is 2.19 bits per heavy atom. The highest BCUT2D eigenvalue weighted by atomic mass is 16.5. The van der Waals surface area contributed by atoms with Gasteiger partial charge in [0.1, 0.15) is 5.60 Å². The summed E-state index contributed by atoms with van der Waals surface area (Å²) < 4.78 is 6.15. The molecule has 2 nitrogen and oxygen atoms in total. The van der Waals surface area contributed by atoms with E-state index in [9.17, 15) is 0 Å². The van der Waals surface area contributed by atoms with Crippen LogP contribution >= 0.6 is 0 Å². The van der Waals surface area contributed by atoms with Crippen LogP contribution in [0.4, 0.5) is 5.69 Å². The normalized spacial score (nSPS) is 38.7. The first kappa shape index (κ1) is 8.82. The molecule has 0 amide bonds. The molecule has 2 atom stereocenters. The van der Waals surface area contributed by atoms with Gasteiger partial charge in [-0.3, -0.25) is 0 Å². The third kappa shape index (κ3) is 0.679. The maximum Gasteiger partial charge on any atom is 0.137 e. The molecule has 2 heterocycles. The Hall–Kier alpha value is -1.28. The van der Waals surface area contributed by atoms with Crippen LogP contribution in [-0.4, -0.2) is 19.2 Å². The molecule has 0 aromatic heterocycles. The molecule has 0 bridgehead atoms. The van der Waals surface area contributed by atoms with Crippen LogP contribution in [0.1, 0.15) is 18.4 Å². The fourth-order valence-electron chi connectivity index (χ4n) is 3.86. The van der Waals surface area contributed by atoms with Gasteiger partial charge in [0.15, 0.2) is 0 Å². The van der Waals surface area contributed by atoms with Crippen LogP contribution < -0.4 is 4.90 Å². The maximum atomic E-state index is 6.15. The molecule has 0 N–H and O–H groups in total. The Bertz CT molecular complexity index is 495. The second-order valence-electron chi connectivity index (χ2n) is 5.05. The lowest BCUT2D eigenvalue weighted by atomic mass is 9.80. The SMILES string of the molecule is CN1c2ccccc2C23C=CCC12CCO3. The van der Waals surface area contributed by atoms with Gasteiger partial charge in [-0.2, -0.15) is 0 Å². The minimum absolute atomic E-state index is 0.154. The van der Waals surface area contributed by atoms with E-state index in [4.69, 9.17) is 4.74 Å². The zero-order chi connectivity index (χ0) is 10.8. The van der Waals surface area contributed by atoms with Crippen molar-refractivity contribution in [1.29, 1.82) is 0 Å². The second kappa shape index (κ2) is 2.51. The van der Waals surface area contributed by atoms with Crippen molar-refractivity contribution in [2.24, 2.45) is 0 Å². The molecule has 0 spiro atoms. The Balaban J connectivity index is 2.06. The summed E-state index contributed by atoms with van der Waals surface area (Å²) >= 11 is 0. The molecule has 2 aliphatic heterocycles. The minimum atomic E-state index is -0.154. The molecule has 2 heteroatoms. The first-order chi connectivity index (χ1) is 7.80. The molecule has 1 aromatic rings. The molecule has 1 saturated heterocycles. The van der Waals surface area contributed by atoms with Gasteiger partial charge in [-0.15, -0.1) is 0 Å². The topological polar surface area (TPSA) is 12.5 Å². The van der Waals surface area contributed by atoms with Crippen LogP contribution in [0, 0.1) is 0 Å². The number of nitrogens with zero attached hydrogens (tertiary/aromatic N) is 1. The Morgan fingerprint density at radius 1 is 1.31 bits per heavy atom. The van der Waals surface area contributed by atoms with Crippen molar-refractivity contribution in [3.8, 4) is 0 Å². The molecule has 2 unspecified atom stereocenters. The number of rotatable bonds is 0.